The third-order valence-corrected chi connectivity index (χ3v) is 8.44. The normalized spacial score (nSPS) is 15.8. The number of furan rings is 1. The summed E-state index contributed by atoms with van der Waals surface area (Å²) in [6, 6.07) is 25.8. The number of hydrogen-bond donors (Lipinski definition) is 0. The summed E-state index contributed by atoms with van der Waals surface area (Å²) in [5.74, 6) is 0.570. The van der Waals surface area contributed by atoms with Gasteiger partial charge in [0.05, 0.1) is 17.2 Å². The molecular weight excluding hydrogens is 452 g/mol. The van der Waals surface area contributed by atoms with Gasteiger partial charge in [0.2, 0.25) is 5.69 Å². The predicted octanol–water partition coefficient (Wildman–Crippen LogP) is 8.61. The largest absolute Gasteiger partial charge is 0.454 e. The minimum atomic E-state index is 0.438. The fraction of sp³-hybridized carbons (Fsp3) is 0.294. The maximum atomic E-state index is 10.1. The maximum absolute atomic E-state index is 10.1. The van der Waals surface area contributed by atoms with E-state index in [0.29, 0.717) is 16.9 Å². The Morgan fingerprint density at radius 3 is 2.35 bits per heavy atom. The smallest absolute Gasteiger partial charge is 0.216 e. The van der Waals surface area contributed by atoms with Crippen molar-refractivity contribution in [3.63, 3.8) is 0 Å². The van der Waals surface area contributed by atoms with Crippen LogP contribution < -0.4 is 4.57 Å². The molecule has 1 aliphatic rings. The van der Waals surface area contributed by atoms with Gasteiger partial charge >= 0.3 is 0 Å². The molecule has 0 spiro atoms. The van der Waals surface area contributed by atoms with Crippen LogP contribution in [0.1, 0.15) is 62.1 Å². The number of aromatic nitrogens is 1. The summed E-state index contributed by atoms with van der Waals surface area (Å²) in [5.41, 5.74) is 9.46. The summed E-state index contributed by atoms with van der Waals surface area (Å²) in [7, 11) is 2.06. The van der Waals surface area contributed by atoms with E-state index >= 15 is 0 Å². The van der Waals surface area contributed by atoms with Crippen LogP contribution >= 0.6 is 0 Å². The minimum absolute atomic E-state index is 0.438. The van der Waals surface area contributed by atoms with Crippen LogP contribution in [0, 0.1) is 23.7 Å². The molecule has 5 aromatic rings. The van der Waals surface area contributed by atoms with Crippen LogP contribution in [0.2, 0.25) is 0 Å². The Morgan fingerprint density at radius 2 is 1.62 bits per heavy atom. The third kappa shape index (κ3) is 4.02. The molecule has 1 aliphatic carbocycles. The highest BCUT2D eigenvalue weighted by Gasteiger charge is 2.28. The van der Waals surface area contributed by atoms with Crippen LogP contribution in [0.4, 0.5) is 0 Å². The van der Waals surface area contributed by atoms with Gasteiger partial charge < -0.3 is 4.42 Å². The average molecular weight is 486 g/mol. The van der Waals surface area contributed by atoms with E-state index in [2.05, 4.69) is 93.2 Å². The molecule has 0 N–H and O–H groups in total. The zero-order valence-corrected chi connectivity index (χ0v) is 22.1. The number of aryl methyl sites for hydroxylation is 2. The van der Waals surface area contributed by atoms with Crippen LogP contribution in [0.3, 0.4) is 0 Å². The highest BCUT2D eigenvalue weighted by atomic mass is 16.3. The Hall–Kier alpha value is -3.90. The standard InChI is InChI=1S/C34H33N2O/c1-22-11-13-27-28-14-12-26(21-35)31(33(28)37-32(27)30(22)29-10-5-6-19-36(29)4)25-9-7-8-24(20-25)23-15-17-34(2,3)18-16-23/h5-14,19-20,23H,15-18H2,1-4H3/q+1. The third-order valence-electron chi connectivity index (χ3n) is 8.44. The number of nitrogens with zero attached hydrogens (tertiary/aromatic N) is 2. The highest BCUT2D eigenvalue weighted by molar-refractivity contribution is 6.14. The fourth-order valence-corrected chi connectivity index (χ4v) is 6.16. The van der Waals surface area contributed by atoms with Crippen molar-refractivity contribution in [3.8, 4) is 28.5 Å². The quantitative estimate of drug-likeness (QED) is 0.240. The molecule has 3 aromatic carbocycles. The molecule has 3 heteroatoms. The van der Waals surface area contributed by atoms with Crippen LogP contribution in [-0.2, 0) is 7.05 Å². The molecule has 3 nitrogen and oxygen atoms in total. The molecule has 6 rings (SSSR count). The lowest BCUT2D eigenvalue weighted by molar-refractivity contribution is -0.660. The zero-order valence-electron chi connectivity index (χ0n) is 22.1. The first-order valence-corrected chi connectivity index (χ1v) is 13.3. The molecule has 0 saturated heterocycles. The average Bonchev–Trinajstić information content (AvgIpc) is 3.27. The van der Waals surface area contributed by atoms with Crippen LogP contribution in [0.15, 0.2) is 77.3 Å². The summed E-state index contributed by atoms with van der Waals surface area (Å²) in [6.07, 6.45) is 7.00. The van der Waals surface area contributed by atoms with E-state index in [4.69, 9.17) is 4.42 Å². The van der Waals surface area contributed by atoms with Crippen molar-refractivity contribution in [2.75, 3.05) is 0 Å². The number of rotatable bonds is 3. The molecule has 0 aliphatic heterocycles. The van der Waals surface area contributed by atoms with E-state index in [1.54, 1.807) is 0 Å². The summed E-state index contributed by atoms with van der Waals surface area (Å²) in [4.78, 5) is 0. The summed E-state index contributed by atoms with van der Waals surface area (Å²) >= 11 is 0. The van der Waals surface area contributed by atoms with Gasteiger partial charge in [-0.3, -0.25) is 0 Å². The lowest BCUT2D eigenvalue weighted by atomic mass is 9.71. The van der Waals surface area contributed by atoms with Gasteiger partial charge in [-0.2, -0.15) is 5.26 Å². The number of hydrogen-bond acceptors (Lipinski definition) is 2. The van der Waals surface area contributed by atoms with Crippen molar-refractivity contribution in [3.05, 3.63) is 89.6 Å². The van der Waals surface area contributed by atoms with Gasteiger partial charge in [-0.05, 0) is 78.8 Å². The van der Waals surface area contributed by atoms with Crippen LogP contribution in [0.5, 0.6) is 0 Å². The van der Waals surface area contributed by atoms with E-state index in [0.717, 1.165) is 49.9 Å². The predicted molar refractivity (Wildman–Crippen MR) is 150 cm³/mol. The zero-order chi connectivity index (χ0) is 25.7. The first-order valence-electron chi connectivity index (χ1n) is 13.3. The molecule has 37 heavy (non-hydrogen) atoms. The van der Waals surface area contributed by atoms with E-state index in [1.807, 2.05) is 18.2 Å². The van der Waals surface area contributed by atoms with E-state index < -0.39 is 0 Å². The van der Waals surface area contributed by atoms with E-state index in [-0.39, 0.29) is 0 Å². The molecule has 0 unspecified atom stereocenters. The van der Waals surface area contributed by atoms with Crippen LogP contribution in [-0.4, -0.2) is 0 Å². The summed E-state index contributed by atoms with van der Waals surface area (Å²) in [5, 5.41) is 12.2. The first kappa shape index (κ1) is 23.5. The Balaban J connectivity index is 1.56. The second-order valence-electron chi connectivity index (χ2n) is 11.5. The van der Waals surface area contributed by atoms with E-state index in [1.165, 1.54) is 31.2 Å². The van der Waals surface area contributed by atoms with E-state index in [9.17, 15) is 5.26 Å². The lowest BCUT2D eigenvalue weighted by Gasteiger charge is -2.34. The Bertz CT molecular complexity index is 1690. The van der Waals surface area contributed by atoms with Gasteiger partial charge in [-0.15, -0.1) is 0 Å². The van der Waals surface area contributed by atoms with Crippen molar-refractivity contribution >= 4 is 21.9 Å². The Morgan fingerprint density at radius 1 is 0.892 bits per heavy atom. The second kappa shape index (κ2) is 8.89. The number of benzene rings is 3. The molecular formula is C34H33N2O+. The van der Waals surface area contributed by atoms with Crippen LogP contribution in [0.25, 0.3) is 44.3 Å². The molecule has 1 saturated carbocycles. The SMILES string of the molecule is Cc1ccc2c(oc3c(-c4cccc(C5CCC(C)(C)CC5)c4)c(C#N)ccc32)c1-c1cccc[n+]1C. The van der Waals surface area contributed by atoms with Gasteiger partial charge in [0, 0.05) is 28.5 Å². The summed E-state index contributed by atoms with van der Waals surface area (Å²) < 4.78 is 8.88. The Kier molecular flexibility index (Phi) is 5.64. The number of nitriles is 1. The van der Waals surface area contributed by atoms with Gasteiger partial charge in [0.25, 0.3) is 0 Å². The molecule has 0 atom stereocenters. The van der Waals surface area contributed by atoms with Crippen molar-refractivity contribution in [2.45, 2.75) is 52.4 Å². The van der Waals surface area contributed by atoms with Crippen molar-refractivity contribution in [1.29, 1.82) is 5.26 Å². The molecule has 0 bridgehead atoms. The van der Waals surface area contributed by atoms with Gasteiger partial charge in [0.15, 0.2) is 6.20 Å². The second-order valence-corrected chi connectivity index (χ2v) is 11.5. The Labute approximate surface area is 219 Å². The molecule has 2 aromatic heterocycles. The monoisotopic (exact) mass is 485 g/mol. The molecule has 1 fully saturated rings. The van der Waals surface area contributed by atoms with Gasteiger partial charge in [-0.1, -0.05) is 50.2 Å². The first-order chi connectivity index (χ1) is 17.9. The van der Waals surface area contributed by atoms with Gasteiger partial charge in [0.1, 0.15) is 18.2 Å². The van der Waals surface area contributed by atoms with Crippen molar-refractivity contribution in [1.82, 2.24) is 0 Å². The van der Waals surface area contributed by atoms with Crippen molar-refractivity contribution in [2.24, 2.45) is 12.5 Å². The lowest BCUT2D eigenvalue weighted by Crippen LogP contribution is -2.30. The topological polar surface area (TPSA) is 40.8 Å². The number of pyridine rings is 1. The molecule has 184 valence electrons. The minimum Gasteiger partial charge on any atom is -0.454 e. The molecule has 0 amide bonds. The molecule has 2 heterocycles. The number of fused-ring (bicyclic) bond motifs is 3. The van der Waals surface area contributed by atoms with Crippen molar-refractivity contribution < 1.29 is 8.98 Å². The summed E-state index contributed by atoms with van der Waals surface area (Å²) in [6.45, 7) is 6.89. The van der Waals surface area contributed by atoms with Gasteiger partial charge in [-0.25, -0.2) is 4.57 Å². The molecule has 0 radical (unpaired) electrons. The maximum Gasteiger partial charge on any atom is 0.216 e. The fourth-order valence-electron chi connectivity index (χ4n) is 6.16. The highest BCUT2D eigenvalue weighted by Crippen LogP contribution is 2.45.